The number of rotatable bonds is 4. The first-order chi connectivity index (χ1) is 9.13. The maximum Gasteiger partial charge on any atom is 0.184 e. The predicted molar refractivity (Wildman–Crippen MR) is 64.1 cm³/mol. The van der Waals surface area contributed by atoms with Gasteiger partial charge in [0, 0.05) is 5.56 Å². The van der Waals surface area contributed by atoms with E-state index in [2.05, 4.69) is 0 Å². The molecular formula is C13H16O6. The monoisotopic (exact) mass is 268 g/mol. The average Bonchev–Trinajstić information content (AvgIpc) is 2.47. The molecule has 1 saturated heterocycles. The van der Waals surface area contributed by atoms with Crippen molar-refractivity contribution in [3.8, 4) is 0 Å². The van der Waals surface area contributed by atoms with Crippen LogP contribution in [0.2, 0.25) is 0 Å². The predicted octanol–water partition coefficient (Wildman–Crippen LogP) is -0.618. The third-order valence-corrected chi connectivity index (χ3v) is 2.98. The molecule has 2 rings (SSSR count). The summed E-state index contributed by atoms with van der Waals surface area (Å²) in [6.07, 6.45) is -5.84. The van der Waals surface area contributed by atoms with Gasteiger partial charge in [-0.1, -0.05) is 30.3 Å². The lowest BCUT2D eigenvalue weighted by molar-refractivity contribution is -0.281. The largest absolute Gasteiger partial charge is 0.388 e. The fraction of sp³-hybridized carbons (Fsp3) is 0.462. The van der Waals surface area contributed by atoms with Gasteiger partial charge in [0.15, 0.2) is 12.6 Å². The van der Waals surface area contributed by atoms with Crippen LogP contribution in [0.15, 0.2) is 30.3 Å². The Morgan fingerprint density at radius 1 is 1.26 bits per heavy atom. The van der Waals surface area contributed by atoms with Crippen LogP contribution in [0.25, 0.3) is 0 Å². The number of carbonyl (C=O) groups is 1. The van der Waals surface area contributed by atoms with Crippen LogP contribution >= 0.6 is 0 Å². The van der Waals surface area contributed by atoms with Crippen molar-refractivity contribution >= 4 is 6.29 Å². The molecule has 1 aliphatic rings. The van der Waals surface area contributed by atoms with Crippen molar-refractivity contribution in [2.45, 2.75) is 30.7 Å². The summed E-state index contributed by atoms with van der Waals surface area (Å²) in [6.45, 7) is -0.0487. The van der Waals surface area contributed by atoms with Gasteiger partial charge in [-0.05, 0) is 0 Å². The number of aliphatic hydroxyl groups excluding tert-OH is 3. The highest BCUT2D eigenvalue weighted by Gasteiger charge is 2.39. The van der Waals surface area contributed by atoms with Crippen molar-refractivity contribution in [3.05, 3.63) is 35.9 Å². The van der Waals surface area contributed by atoms with E-state index in [4.69, 9.17) is 9.47 Å². The topological polar surface area (TPSA) is 96.2 Å². The van der Waals surface area contributed by atoms with Crippen LogP contribution in [-0.4, -0.2) is 52.6 Å². The van der Waals surface area contributed by atoms with Gasteiger partial charge < -0.3 is 29.6 Å². The maximum absolute atomic E-state index is 10.5. The van der Waals surface area contributed by atoms with Crippen LogP contribution < -0.4 is 0 Å². The van der Waals surface area contributed by atoms with E-state index in [1.54, 1.807) is 24.3 Å². The van der Waals surface area contributed by atoms with Crippen LogP contribution in [0.4, 0.5) is 0 Å². The molecule has 1 aromatic carbocycles. The van der Waals surface area contributed by atoms with Crippen LogP contribution in [0, 0.1) is 0 Å². The SMILES string of the molecule is O=C[C@H](O)[C@@H](O)[C@@H]1O[C@@H](c2ccccc2)OC[C@H]1O. The Hall–Kier alpha value is -1.31. The fourth-order valence-electron chi connectivity index (χ4n) is 1.92. The Kier molecular flexibility index (Phi) is 4.62. The summed E-state index contributed by atoms with van der Waals surface area (Å²) in [4.78, 5) is 10.5. The van der Waals surface area contributed by atoms with Gasteiger partial charge in [-0.15, -0.1) is 0 Å². The molecule has 0 bridgehead atoms. The Morgan fingerprint density at radius 3 is 2.58 bits per heavy atom. The zero-order valence-electron chi connectivity index (χ0n) is 10.1. The molecule has 1 heterocycles. The molecule has 1 fully saturated rings. The minimum Gasteiger partial charge on any atom is -0.388 e. The highest BCUT2D eigenvalue weighted by Crippen LogP contribution is 2.28. The first-order valence-electron chi connectivity index (χ1n) is 5.95. The molecule has 6 heteroatoms. The molecule has 0 saturated carbocycles. The third-order valence-electron chi connectivity index (χ3n) is 2.98. The van der Waals surface area contributed by atoms with Gasteiger partial charge in [0.2, 0.25) is 0 Å². The van der Waals surface area contributed by atoms with E-state index in [0.29, 0.717) is 0 Å². The normalized spacial score (nSPS) is 30.6. The molecule has 1 aliphatic heterocycles. The number of ether oxygens (including phenoxy) is 2. The lowest BCUT2D eigenvalue weighted by Crippen LogP contribution is -2.51. The molecule has 0 aliphatic carbocycles. The molecule has 104 valence electrons. The molecular weight excluding hydrogens is 252 g/mol. The van der Waals surface area contributed by atoms with Gasteiger partial charge >= 0.3 is 0 Å². The highest BCUT2D eigenvalue weighted by atomic mass is 16.7. The van der Waals surface area contributed by atoms with E-state index < -0.39 is 30.7 Å². The summed E-state index contributed by atoms with van der Waals surface area (Å²) in [5.74, 6) is 0. The molecule has 3 N–H and O–H groups in total. The Bertz CT molecular complexity index is 409. The van der Waals surface area contributed by atoms with Crippen molar-refractivity contribution in [1.29, 1.82) is 0 Å². The second-order valence-electron chi connectivity index (χ2n) is 4.36. The molecule has 1 aromatic rings. The minimum atomic E-state index is -1.60. The van der Waals surface area contributed by atoms with Gasteiger partial charge in [0.05, 0.1) is 6.61 Å². The molecule has 19 heavy (non-hydrogen) atoms. The second-order valence-corrected chi connectivity index (χ2v) is 4.36. The molecule has 0 amide bonds. The first-order valence-corrected chi connectivity index (χ1v) is 5.95. The van der Waals surface area contributed by atoms with Crippen molar-refractivity contribution in [2.75, 3.05) is 6.61 Å². The fourth-order valence-corrected chi connectivity index (χ4v) is 1.92. The zero-order valence-corrected chi connectivity index (χ0v) is 10.1. The van der Waals surface area contributed by atoms with E-state index >= 15 is 0 Å². The molecule has 0 aromatic heterocycles. The number of hydrogen-bond acceptors (Lipinski definition) is 6. The van der Waals surface area contributed by atoms with E-state index in [1.165, 1.54) is 0 Å². The van der Waals surface area contributed by atoms with Gasteiger partial charge in [0.25, 0.3) is 0 Å². The standard InChI is InChI=1S/C13H16O6/c14-6-9(15)11(17)12-10(16)7-18-13(19-12)8-4-2-1-3-5-8/h1-6,9-13,15-17H,7H2/t9-,10+,11+,12+,13-/m0/s1. The number of carbonyl (C=O) groups excluding carboxylic acids is 1. The Morgan fingerprint density at radius 2 is 1.95 bits per heavy atom. The molecule has 6 nitrogen and oxygen atoms in total. The summed E-state index contributed by atoms with van der Waals surface area (Å²) >= 11 is 0. The van der Waals surface area contributed by atoms with E-state index in [0.717, 1.165) is 5.56 Å². The molecule has 0 unspecified atom stereocenters. The molecule has 5 atom stereocenters. The van der Waals surface area contributed by atoms with Crippen molar-refractivity contribution < 1.29 is 29.6 Å². The van der Waals surface area contributed by atoms with Crippen LogP contribution in [0.5, 0.6) is 0 Å². The maximum atomic E-state index is 10.5. The van der Waals surface area contributed by atoms with Gasteiger partial charge in [0.1, 0.15) is 24.4 Å². The first kappa shape index (κ1) is 14.1. The average molecular weight is 268 g/mol. The summed E-state index contributed by atoms with van der Waals surface area (Å²) in [5.41, 5.74) is 0.729. The number of aldehydes is 1. The Balaban J connectivity index is 2.10. The Labute approximate surface area is 110 Å². The zero-order chi connectivity index (χ0) is 13.8. The van der Waals surface area contributed by atoms with Crippen LogP contribution in [0.3, 0.4) is 0 Å². The van der Waals surface area contributed by atoms with Crippen molar-refractivity contribution in [2.24, 2.45) is 0 Å². The van der Waals surface area contributed by atoms with E-state index in [-0.39, 0.29) is 12.9 Å². The quantitative estimate of drug-likeness (QED) is 0.630. The van der Waals surface area contributed by atoms with Gasteiger partial charge in [-0.25, -0.2) is 0 Å². The summed E-state index contributed by atoms with van der Waals surface area (Å²) in [5, 5.41) is 28.8. The third kappa shape index (κ3) is 3.17. The smallest absolute Gasteiger partial charge is 0.184 e. The summed E-state index contributed by atoms with van der Waals surface area (Å²) in [7, 11) is 0. The summed E-state index contributed by atoms with van der Waals surface area (Å²) < 4.78 is 10.7. The second kappa shape index (κ2) is 6.23. The summed E-state index contributed by atoms with van der Waals surface area (Å²) in [6, 6.07) is 9.01. The number of hydrogen-bond donors (Lipinski definition) is 3. The van der Waals surface area contributed by atoms with Gasteiger partial charge in [-0.3, -0.25) is 0 Å². The van der Waals surface area contributed by atoms with Gasteiger partial charge in [-0.2, -0.15) is 0 Å². The number of benzene rings is 1. The van der Waals surface area contributed by atoms with Crippen LogP contribution in [0.1, 0.15) is 11.9 Å². The molecule has 0 radical (unpaired) electrons. The molecule has 0 spiro atoms. The van der Waals surface area contributed by atoms with E-state index in [9.17, 15) is 20.1 Å². The minimum absolute atomic E-state index is 0.0487. The highest BCUT2D eigenvalue weighted by molar-refractivity contribution is 5.56. The van der Waals surface area contributed by atoms with Crippen molar-refractivity contribution in [3.63, 3.8) is 0 Å². The number of aliphatic hydroxyl groups is 3. The lowest BCUT2D eigenvalue weighted by Gasteiger charge is -2.37. The van der Waals surface area contributed by atoms with Crippen molar-refractivity contribution in [1.82, 2.24) is 0 Å². The lowest BCUT2D eigenvalue weighted by atomic mass is 10.0. The van der Waals surface area contributed by atoms with Crippen LogP contribution in [-0.2, 0) is 14.3 Å². The van der Waals surface area contributed by atoms with E-state index in [1.807, 2.05) is 6.07 Å².